The molecule has 1 amide bonds. The van der Waals surface area contributed by atoms with E-state index in [9.17, 15) is 9.90 Å². The molecule has 28 heavy (non-hydrogen) atoms. The molecule has 1 fully saturated rings. The first-order valence-electron chi connectivity index (χ1n) is 9.54. The highest BCUT2D eigenvalue weighted by atomic mass is 16.5. The number of hydrogen-bond acceptors (Lipinski definition) is 4. The molecule has 4 N–H and O–H groups in total. The van der Waals surface area contributed by atoms with E-state index in [1.807, 2.05) is 6.07 Å². The Morgan fingerprint density at radius 1 is 1.11 bits per heavy atom. The molecule has 2 aromatic rings. The van der Waals surface area contributed by atoms with Gasteiger partial charge in [-0.05, 0) is 12.1 Å². The molecule has 1 saturated heterocycles. The first kappa shape index (κ1) is 19.9. The molecule has 1 aliphatic rings. The van der Waals surface area contributed by atoms with Crippen molar-refractivity contribution in [2.45, 2.75) is 6.54 Å². The Hall–Kier alpha value is -2.90. The molecule has 7 nitrogen and oxygen atoms in total. The number of aromatic hydroxyl groups is 1. The van der Waals surface area contributed by atoms with Crippen molar-refractivity contribution in [3.05, 3.63) is 59.7 Å². The average molecular weight is 384 g/mol. The van der Waals surface area contributed by atoms with E-state index in [0.717, 1.165) is 32.7 Å². The Morgan fingerprint density at radius 2 is 1.82 bits per heavy atom. The molecule has 1 aliphatic heterocycles. The van der Waals surface area contributed by atoms with Crippen molar-refractivity contribution in [3.8, 4) is 11.5 Å². The van der Waals surface area contributed by atoms with Crippen LogP contribution in [0.3, 0.4) is 0 Å². The lowest BCUT2D eigenvalue weighted by Gasteiger charge is -2.29. The normalized spacial score (nSPS) is 19.5. The van der Waals surface area contributed by atoms with Gasteiger partial charge >= 0.3 is 0 Å². The summed E-state index contributed by atoms with van der Waals surface area (Å²) in [5.74, 6) is 0.252. The van der Waals surface area contributed by atoms with E-state index in [4.69, 9.17) is 4.74 Å². The SMILES string of the molecule is COc1cccc(/C=N/NC(=O)C[NH+]2CC[NH+](Cc3ccccc3)CC2)c1O. The average Bonchev–Trinajstić information content (AvgIpc) is 2.71. The lowest BCUT2D eigenvalue weighted by Crippen LogP contribution is -3.28. The predicted octanol–water partition coefficient (Wildman–Crippen LogP) is -1.17. The number of hydrogen-bond donors (Lipinski definition) is 4. The maximum atomic E-state index is 12.1. The number of carbonyl (C=O) groups is 1. The summed E-state index contributed by atoms with van der Waals surface area (Å²) in [5.41, 5.74) is 4.39. The second kappa shape index (κ2) is 9.87. The van der Waals surface area contributed by atoms with E-state index >= 15 is 0 Å². The summed E-state index contributed by atoms with van der Waals surface area (Å²) in [5, 5.41) is 14.0. The van der Waals surface area contributed by atoms with E-state index in [1.54, 1.807) is 23.1 Å². The zero-order chi connectivity index (χ0) is 19.8. The van der Waals surface area contributed by atoms with Crippen LogP contribution >= 0.6 is 0 Å². The molecule has 0 saturated carbocycles. The summed E-state index contributed by atoms with van der Waals surface area (Å²) in [6.45, 7) is 5.48. The number of nitrogens with one attached hydrogen (secondary N) is 3. The molecule has 0 aliphatic carbocycles. The third-order valence-corrected chi connectivity index (χ3v) is 5.01. The lowest BCUT2D eigenvalue weighted by molar-refractivity contribution is -1.02. The van der Waals surface area contributed by atoms with Gasteiger partial charge in [0.05, 0.1) is 13.3 Å². The zero-order valence-corrected chi connectivity index (χ0v) is 16.1. The van der Waals surface area contributed by atoms with Crippen molar-refractivity contribution in [3.63, 3.8) is 0 Å². The fraction of sp³-hybridized carbons (Fsp3) is 0.333. The van der Waals surface area contributed by atoms with Crippen molar-refractivity contribution in [1.29, 1.82) is 0 Å². The van der Waals surface area contributed by atoms with Crippen molar-refractivity contribution >= 4 is 12.1 Å². The number of para-hydroxylation sites is 1. The molecule has 3 rings (SSSR count). The zero-order valence-electron chi connectivity index (χ0n) is 16.1. The number of methoxy groups -OCH3 is 1. The standard InChI is InChI=1S/C21H26N4O3/c1-28-19-9-5-8-18(21(19)27)14-22-23-20(26)16-25-12-10-24(11-13-25)15-17-6-3-2-4-7-17/h2-9,14,27H,10-13,15-16H2,1H3,(H,23,26)/p+2/b22-14+. The maximum absolute atomic E-state index is 12.1. The second-order valence-electron chi connectivity index (χ2n) is 7.03. The Balaban J connectivity index is 1.41. The van der Waals surface area contributed by atoms with Crippen molar-refractivity contribution in [1.82, 2.24) is 5.43 Å². The number of piperazine rings is 1. The van der Waals surface area contributed by atoms with E-state index in [-0.39, 0.29) is 11.7 Å². The number of ether oxygens (including phenoxy) is 1. The van der Waals surface area contributed by atoms with Crippen LogP contribution in [0.15, 0.2) is 53.6 Å². The van der Waals surface area contributed by atoms with Crippen molar-refractivity contribution in [2.24, 2.45) is 5.10 Å². The van der Waals surface area contributed by atoms with Gasteiger partial charge in [0.15, 0.2) is 18.0 Å². The van der Waals surface area contributed by atoms with E-state index < -0.39 is 0 Å². The van der Waals surface area contributed by atoms with Crippen LogP contribution in [0.4, 0.5) is 0 Å². The third-order valence-electron chi connectivity index (χ3n) is 5.01. The minimum Gasteiger partial charge on any atom is -0.504 e. The number of quaternary nitrogens is 2. The number of benzene rings is 2. The Kier molecular flexibility index (Phi) is 7.00. The smallest absolute Gasteiger partial charge is 0.295 e. The van der Waals surface area contributed by atoms with Crippen LogP contribution < -0.4 is 20.0 Å². The highest BCUT2D eigenvalue weighted by molar-refractivity contribution is 5.86. The number of rotatable bonds is 7. The number of phenols is 1. The van der Waals surface area contributed by atoms with Crippen LogP contribution in [0.2, 0.25) is 0 Å². The molecule has 0 bridgehead atoms. The molecular formula is C21H28N4O3+2. The topological polar surface area (TPSA) is 79.8 Å². The summed E-state index contributed by atoms with van der Waals surface area (Å²) in [6, 6.07) is 15.6. The van der Waals surface area contributed by atoms with Gasteiger partial charge in [0, 0.05) is 11.1 Å². The lowest BCUT2D eigenvalue weighted by atomic mass is 10.2. The molecule has 0 unspecified atom stereocenters. The van der Waals surface area contributed by atoms with Crippen LogP contribution in [0, 0.1) is 0 Å². The van der Waals surface area contributed by atoms with Crippen LogP contribution in [0.1, 0.15) is 11.1 Å². The van der Waals surface area contributed by atoms with Gasteiger partial charge in [-0.25, -0.2) is 5.43 Å². The largest absolute Gasteiger partial charge is 0.504 e. The Bertz CT molecular complexity index is 803. The minimum absolute atomic E-state index is 0.00568. The molecule has 0 atom stereocenters. The number of hydrazone groups is 1. The molecule has 2 aromatic carbocycles. The molecule has 7 heteroatoms. The molecule has 0 spiro atoms. The maximum Gasteiger partial charge on any atom is 0.295 e. The molecular weight excluding hydrogens is 356 g/mol. The number of nitrogens with zero attached hydrogens (tertiary/aromatic N) is 1. The first-order chi connectivity index (χ1) is 13.7. The van der Waals surface area contributed by atoms with Gasteiger partial charge < -0.3 is 19.6 Å². The van der Waals surface area contributed by atoms with Crippen LogP contribution in [0.5, 0.6) is 11.5 Å². The van der Waals surface area contributed by atoms with Crippen LogP contribution in [-0.4, -0.2) is 57.1 Å². The summed E-state index contributed by atoms with van der Waals surface area (Å²) in [4.78, 5) is 15.0. The number of phenolic OH excluding ortho intramolecular Hbond substituents is 1. The van der Waals surface area contributed by atoms with Gasteiger partial charge in [-0.3, -0.25) is 4.79 Å². The van der Waals surface area contributed by atoms with Gasteiger partial charge in [0.25, 0.3) is 5.91 Å². The molecule has 148 valence electrons. The Labute approximate surface area is 165 Å². The monoisotopic (exact) mass is 384 g/mol. The van der Waals surface area contributed by atoms with Gasteiger partial charge in [0.1, 0.15) is 32.7 Å². The quantitative estimate of drug-likeness (QED) is 0.359. The third kappa shape index (κ3) is 5.55. The van der Waals surface area contributed by atoms with Crippen molar-refractivity contribution < 1.29 is 24.4 Å². The summed E-state index contributed by atoms with van der Waals surface area (Å²) in [7, 11) is 1.49. The molecule has 0 aromatic heterocycles. The van der Waals surface area contributed by atoms with Crippen LogP contribution in [-0.2, 0) is 11.3 Å². The molecule has 1 heterocycles. The summed E-state index contributed by atoms with van der Waals surface area (Å²) in [6.07, 6.45) is 1.42. The summed E-state index contributed by atoms with van der Waals surface area (Å²) < 4.78 is 5.06. The van der Waals surface area contributed by atoms with E-state index in [2.05, 4.69) is 34.8 Å². The van der Waals surface area contributed by atoms with Gasteiger partial charge in [-0.2, -0.15) is 5.10 Å². The predicted molar refractivity (Wildman–Crippen MR) is 107 cm³/mol. The van der Waals surface area contributed by atoms with Gasteiger partial charge in [0.2, 0.25) is 0 Å². The van der Waals surface area contributed by atoms with E-state index in [1.165, 1.54) is 23.8 Å². The second-order valence-corrected chi connectivity index (χ2v) is 7.03. The highest BCUT2D eigenvalue weighted by Gasteiger charge is 2.24. The molecule has 0 radical (unpaired) electrons. The van der Waals surface area contributed by atoms with E-state index in [0.29, 0.717) is 17.9 Å². The van der Waals surface area contributed by atoms with Gasteiger partial charge in [-0.1, -0.05) is 36.4 Å². The number of amides is 1. The van der Waals surface area contributed by atoms with Gasteiger partial charge in [-0.15, -0.1) is 0 Å². The summed E-state index contributed by atoms with van der Waals surface area (Å²) >= 11 is 0. The fourth-order valence-electron chi connectivity index (χ4n) is 3.44. The first-order valence-corrected chi connectivity index (χ1v) is 9.54. The minimum atomic E-state index is -0.125. The van der Waals surface area contributed by atoms with Crippen LogP contribution in [0.25, 0.3) is 0 Å². The number of carbonyl (C=O) groups excluding carboxylic acids is 1. The Morgan fingerprint density at radius 3 is 2.54 bits per heavy atom. The fourth-order valence-corrected chi connectivity index (χ4v) is 3.44. The van der Waals surface area contributed by atoms with Crippen molar-refractivity contribution in [2.75, 3.05) is 39.8 Å². The highest BCUT2D eigenvalue weighted by Crippen LogP contribution is 2.27.